The quantitative estimate of drug-likeness (QED) is 0.832. The zero-order valence-corrected chi connectivity index (χ0v) is 16.1. The molecule has 1 spiro atoms. The zero-order chi connectivity index (χ0) is 18.9. The third-order valence-corrected chi connectivity index (χ3v) is 5.96. The molecule has 2 aromatic rings. The van der Waals surface area contributed by atoms with E-state index in [0.29, 0.717) is 6.54 Å². The van der Waals surface area contributed by atoms with Crippen molar-refractivity contribution < 1.29 is 4.79 Å². The van der Waals surface area contributed by atoms with Gasteiger partial charge in [0.1, 0.15) is 5.82 Å². The Morgan fingerprint density at radius 2 is 1.96 bits per heavy atom. The van der Waals surface area contributed by atoms with E-state index in [9.17, 15) is 4.79 Å². The smallest absolute Gasteiger partial charge is 0.236 e. The Morgan fingerprint density at radius 1 is 1.19 bits per heavy atom. The highest BCUT2D eigenvalue weighted by atomic mass is 16.2. The molecule has 1 amide bonds. The molecule has 0 atom stereocenters. The fourth-order valence-corrected chi connectivity index (χ4v) is 4.48. The van der Waals surface area contributed by atoms with Gasteiger partial charge in [0.15, 0.2) is 0 Å². The monoisotopic (exact) mass is 365 g/mol. The number of carbonyl (C=O) groups is 1. The van der Waals surface area contributed by atoms with Gasteiger partial charge < -0.3 is 9.80 Å². The van der Waals surface area contributed by atoms with Gasteiger partial charge in [-0.1, -0.05) is 24.3 Å². The molecule has 0 bridgehead atoms. The van der Waals surface area contributed by atoms with Crippen LogP contribution in [0.2, 0.25) is 0 Å². The molecule has 2 aliphatic heterocycles. The molecule has 6 nitrogen and oxygen atoms in total. The van der Waals surface area contributed by atoms with Crippen molar-refractivity contribution in [3.63, 3.8) is 0 Å². The first kappa shape index (κ1) is 17.9. The van der Waals surface area contributed by atoms with E-state index in [0.717, 1.165) is 44.8 Å². The van der Waals surface area contributed by atoms with Crippen molar-refractivity contribution in [1.29, 1.82) is 0 Å². The third kappa shape index (κ3) is 3.54. The molecule has 1 aromatic heterocycles. The molecule has 6 heteroatoms. The Hall–Kier alpha value is -2.47. The van der Waals surface area contributed by atoms with Crippen molar-refractivity contribution >= 4 is 11.7 Å². The van der Waals surface area contributed by atoms with Gasteiger partial charge in [-0.2, -0.15) is 0 Å². The molecule has 0 radical (unpaired) electrons. The second kappa shape index (κ2) is 7.27. The van der Waals surface area contributed by atoms with E-state index < -0.39 is 0 Å². The van der Waals surface area contributed by atoms with E-state index in [4.69, 9.17) is 0 Å². The molecule has 1 saturated heterocycles. The van der Waals surface area contributed by atoms with E-state index in [1.165, 1.54) is 11.1 Å². The average molecular weight is 365 g/mol. The lowest BCUT2D eigenvalue weighted by Gasteiger charge is -2.49. The first-order valence-electron chi connectivity index (χ1n) is 9.59. The second-order valence-electron chi connectivity index (χ2n) is 7.92. The SMILES string of the molecule is CN(C)C(=O)CN1Cc2ccccc2C2(CCN(c3cnccn3)CC2)C1. The molecule has 3 heterocycles. The van der Waals surface area contributed by atoms with Crippen LogP contribution < -0.4 is 4.90 Å². The maximum Gasteiger partial charge on any atom is 0.236 e. The van der Waals surface area contributed by atoms with Crippen molar-refractivity contribution in [1.82, 2.24) is 19.8 Å². The number of amides is 1. The Kier molecular flexibility index (Phi) is 4.83. The normalized spacial score (nSPS) is 19.0. The van der Waals surface area contributed by atoms with Crippen molar-refractivity contribution in [2.75, 3.05) is 45.2 Å². The van der Waals surface area contributed by atoms with Gasteiger partial charge in [-0.15, -0.1) is 0 Å². The Balaban J connectivity index is 1.56. The van der Waals surface area contributed by atoms with Gasteiger partial charge in [0.05, 0.1) is 12.7 Å². The molecular formula is C21H27N5O. The highest BCUT2D eigenvalue weighted by Gasteiger charge is 2.42. The second-order valence-corrected chi connectivity index (χ2v) is 7.92. The van der Waals surface area contributed by atoms with Gasteiger partial charge in [-0.3, -0.25) is 14.7 Å². The molecule has 2 aliphatic rings. The lowest BCUT2D eigenvalue weighted by atomic mass is 9.69. The lowest BCUT2D eigenvalue weighted by Crippen LogP contribution is -2.53. The average Bonchev–Trinajstić information content (AvgIpc) is 2.69. The first-order chi connectivity index (χ1) is 13.1. The van der Waals surface area contributed by atoms with Crippen LogP contribution in [0.4, 0.5) is 5.82 Å². The number of nitrogens with zero attached hydrogens (tertiary/aromatic N) is 5. The molecule has 1 aromatic carbocycles. The fraction of sp³-hybridized carbons (Fsp3) is 0.476. The summed E-state index contributed by atoms with van der Waals surface area (Å²) in [6.07, 6.45) is 7.44. The summed E-state index contributed by atoms with van der Waals surface area (Å²) >= 11 is 0. The molecule has 0 unspecified atom stereocenters. The van der Waals surface area contributed by atoms with Crippen molar-refractivity contribution in [3.05, 3.63) is 54.0 Å². The third-order valence-electron chi connectivity index (χ3n) is 5.96. The van der Waals surface area contributed by atoms with Crippen LogP contribution in [-0.2, 0) is 16.8 Å². The van der Waals surface area contributed by atoms with E-state index in [-0.39, 0.29) is 11.3 Å². The van der Waals surface area contributed by atoms with Gasteiger partial charge >= 0.3 is 0 Å². The molecule has 0 N–H and O–H groups in total. The van der Waals surface area contributed by atoms with Crippen LogP contribution in [0.15, 0.2) is 42.9 Å². The van der Waals surface area contributed by atoms with E-state index >= 15 is 0 Å². The van der Waals surface area contributed by atoms with Crippen LogP contribution in [0.1, 0.15) is 24.0 Å². The largest absolute Gasteiger partial charge is 0.355 e. The highest BCUT2D eigenvalue weighted by Crippen LogP contribution is 2.42. The summed E-state index contributed by atoms with van der Waals surface area (Å²) in [5.74, 6) is 1.12. The zero-order valence-electron chi connectivity index (χ0n) is 16.1. The van der Waals surface area contributed by atoms with Crippen molar-refractivity contribution in [2.24, 2.45) is 0 Å². The number of aromatic nitrogens is 2. The van der Waals surface area contributed by atoms with Gasteiger partial charge in [-0.25, -0.2) is 4.98 Å². The Labute approximate surface area is 160 Å². The molecule has 4 rings (SSSR count). The summed E-state index contributed by atoms with van der Waals surface area (Å²) in [6, 6.07) is 8.77. The number of hydrogen-bond donors (Lipinski definition) is 0. The molecule has 142 valence electrons. The van der Waals surface area contributed by atoms with Crippen LogP contribution in [0.5, 0.6) is 0 Å². The van der Waals surface area contributed by atoms with Crippen LogP contribution in [0.3, 0.4) is 0 Å². The number of likely N-dealkylation sites (N-methyl/N-ethyl adjacent to an activating group) is 1. The van der Waals surface area contributed by atoms with Crippen molar-refractivity contribution in [2.45, 2.75) is 24.8 Å². The molecular weight excluding hydrogens is 338 g/mol. The number of rotatable bonds is 3. The summed E-state index contributed by atoms with van der Waals surface area (Å²) in [5.41, 5.74) is 2.95. The Morgan fingerprint density at radius 3 is 2.67 bits per heavy atom. The van der Waals surface area contributed by atoms with Gasteiger partial charge in [-0.05, 0) is 24.0 Å². The van der Waals surface area contributed by atoms with E-state index in [2.05, 4.69) is 44.0 Å². The minimum atomic E-state index is 0.111. The summed E-state index contributed by atoms with van der Waals surface area (Å²) in [6.45, 7) is 4.20. The lowest BCUT2D eigenvalue weighted by molar-refractivity contribution is -0.130. The Bertz CT molecular complexity index is 799. The molecule has 0 saturated carbocycles. The van der Waals surface area contributed by atoms with E-state index in [1.54, 1.807) is 17.3 Å². The van der Waals surface area contributed by atoms with Crippen LogP contribution in [0, 0.1) is 0 Å². The van der Waals surface area contributed by atoms with E-state index in [1.807, 2.05) is 20.3 Å². The summed E-state index contributed by atoms with van der Waals surface area (Å²) in [5, 5.41) is 0. The highest BCUT2D eigenvalue weighted by molar-refractivity contribution is 5.77. The molecule has 1 fully saturated rings. The van der Waals surface area contributed by atoms with Gasteiger partial charge in [0.25, 0.3) is 0 Å². The van der Waals surface area contributed by atoms with Crippen LogP contribution >= 0.6 is 0 Å². The summed E-state index contributed by atoms with van der Waals surface area (Å²) in [7, 11) is 3.66. The minimum absolute atomic E-state index is 0.111. The van der Waals surface area contributed by atoms with Gasteiger partial charge in [0.2, 0.25) is 5.91 Å². The molecule has 27 heavy (non-hydrogen) atoms. The van der Waals surface area contributed by atoms with Crippen LogP contribution in [-0.4, -0.2) is 65.9 Å². The number of anilines is 1. The van der Waals surface area contributed by atoms with Crippen LogP contribution in [0.25, 0.3) is 0 Å². The fourth-order valence-electron chi connectivity index (χ4n) is 4.48. The minimum Gasteiger partial charge on any atom is -0.355 e. The van der Waals surface area contributed by atoms with Gasteiger partial charge in [0, 0.05) is 58.1 Å². The number of piperidine rings is 1. The summed E-state index contributed by atoms with van der Waals surface area (Å²) < 4.78 is 0. The number of hydrogen-bond acceptors (Lipinski definition) is 5. The standard InChI is InChI=1S/C21H27N5O/c1-24(2)20(27)15-25-14-17-5-3-4-6-18(17)21(16-25)7-11-26(12-8-21)19-13-22-9-10-23-19/h3-6,9-10,13H,7-8,11-12,14-16H2,1-2H3. The number of benzene rings is 1. The predicted octanol–water partition coefficient (Wildman–Crippen LogP) is 1.92. The number of carbonyl (C=O) groups excluding carboxylic acids is 1. The number of fused-ring (bicyclic) bond motifs is 2. The first-order valence-corrected chi connectivity index (χ1v) is 9.59. The maximum atomic E-state index is 12.3. The topological polar surface area (TPSA) is 52.6 Å². The van der Waals surface area contributed by atoms with Crippen molar-refractivity contribution in [3.8, 4) is 0 Å². The molecule has 0 aliphatic carbocycles. The summed E-state index contributed by atoms with van der Waals surface area (Å²) in [4.78, 5) is 27.3. The maximum absolute atomic E-state index is 12.3. The predicted molar refractivity (Wildman–Crippen MR) is 106 cm³/mol.